The second-order valence-corrected chi connectivity index (χ2v) is 11.7. The lowest BCUT2D eigenvalue weighted by atomic mass is 9.97. The summed E-state index contributed by atoms with van der Waals surface area (Å²) in [6.45, 7) is 12.4. The van der Waals surface area contributed by atoms with Gasteiger partial charge in [-0.05, 0) is 98.2 Å². The van der Waals surface area contributed by atoms with E-state index in [1.807, 2.05) is 41.9 Å². The van der Waals surface area contributed by atoms with Gasteiger partial charge in [0.25, 0.3) is 5.56 Å². The van der Waals surface area contributed by atoms with E-state index in [2.05, 4.69) is 65.2 Å². The van der Waals surface area contributed by atoms with E-state index in [-0.39, 0.29) is 17.2 Å². The normalized spacial score (nSPS) is 16.8. The summed E-state index contributed by atoms with van der Waals surface area (Å²) in [4.78, 5) is 19.3. The van der Waals surface area contributed by atoms with Gasteiger partial charge in [0.1, 0.15) is 6.04 Å². The second kappa shape index (κ2) is 11.2. The molecular formula is C30H37ClN6O2. The molecule has 0 aliphatic carbocycles. The van der Waals surface area contributed by atoms with Crippen molar-refractivity contribution in [3.8, 4) is 0 Å². The number of hydrogen-bond acceptors (Lipinski definition) is 6. The van der Waals surface area contributed by atoms with Crippen LogP contribution in [-0.2, 0) is 16.8 Å². The molecule has 1 aliphatic heterocycles. The lowest BCUT2D eigenvalue weighted by molar-refractivity contribution is 0.0562. The Morgan fingerprint density at radius 2 is 1.97 bits per heavy atom. The second-order valence-electron chi connectivity index (χ2n) is 11.3. The zero-order chi connectivity index (χ0) is 27.7. The lowest BCUT2D eigenvalue weighted by Crippen LogP contribution is -2.41. The van der Waals surface area contributed by atoms with E-state index in [4.69, 9.17) is 16.3 Å². The molecule has 8 nitrogen and oxygen atoms in total. The number of tetrazole rings is 1. The van der Waals surface area contributed by atoms with E-state index in [0.717, 1.165) is 53.5 Å². The number of H-pyrrole nitrogens is 1. The first-order valence-corrected chi connectivity index (χ1v) is 14.1. The van der Waals surface area contributed by atoms with Gasteiger partial charge in [-0.3, -0.25) is 9.69 Å². The largest absolute Gasteiger partial charge is 0.377 e. The minimum Gasteiger partial charge on any atom is -0.377 e. The van der Waals surface area contributed by atoms with E-state index < -0.39 is 6.04 Å². The Morgan fingerprint density at radius 1 is 1.21 bits per heavy atom. The van der Waals surface area contributed by atoms with E-state index in [9.17, 15) is 4.79 Å². The van der Waals surface area contributed by atoms with Gasteiger partial charge in [0, 0.05) is 30.3 Å². The molecule has 0 spiro atoms. The number of hydrogen-bond donors (Lipinski definition) is 1. The summed E-state index contributed by atoms with van der Waals surface area (Å²) in [5, 5.41) is 14.8. The maximum absolute atomic E-state index is 13.9. The summed E-state index contributed by atoms with van der Waals surface area (Å²) in [5.74, 6) is 0.642. The molecule has 206 valence electrons. The van der Waals surface area contributed by atoms with Crippen LogP contribution in [-0.4, -0.2) is 49.3 Å². The molecule has 0 saturated carbocycles. The molecule has 2 aromatic heterocycles. The maximum Gasteiger partial charge on any atom is 0.253 e. The van der Waals surface area contributed by atoms with Crippen LogP contribution in [0.15, 0.2) is 47.3 Å². The minimum atomic E-state index is -0.500. The summed E-state index contributed by atoms with van der Waals surface area (Å²) in [6, 6.07) is 13.6. The summed E-state index contributed by atoms with van der Waals surface area (Å²) in [6.07, 6.45) is 2.89. The van der Waals surface area contributed by atoms with Gasteiger partial charge >= 0.3 is 0 Å². The van der Waals surface area contributed by atoms with Crippen LogP contribution >= 0.6 is 11.6 Å². The highest BCUT2D eigenvalue weighted by Gasteiger charge is 2.36. The standard InChI is InChI=1S/C30H37ClN6O2/c1-6-30(4,5)37-28(33-34-35-37)27(25-16-22-15-19(2)14-20(3)26(22)32-29(25)38)36(18-24-8-7-13-39-24)17-21-9-11-23(31)12-10-21/h9-12,14-16,24,27H,6-8,13,17-18H2,1-5H3,(H,32,38)/t24-,27-/m0/s1. The van der Waals surface area contributed by atoms with Crippen molar-refractivity contribution in [2.45, 2.75) is 78.1 Å². The molecule has 39 heavy (non-hydrogen) atoms. The third-order valence-corrected chi connectivity index (χ3v) is 8.17. The molecule has 2 atom stereocenters. The number of benzene rings is 2. The summed E-state index contributed by atoms with van der Waals surface area (Å²) in [5.41, 5.74) is 4.25. The molecule has 3 heterocycles. The van der Waals surface area contributed by atoms with Gasteiger partial charge in [0.15, 0.2) is 5.82 Å². The third-order valence-electron chi connectivity index (χ3n) is 7.92. The molecule has 4 aromatic rings. The fourth-order valence-electron chi connectivity index (χ4n) is 5.49. The number of aromatic nitrogens is 5. The number of rotatable bonds is 9. The Bertz CT molecular complexity index is 1500. The molecule has 1 aliphatic rings. The lowest BCUT2D eigenvalue weighted by Gasteiger charge is -2.34. The van der Waals surface area contributed by atoms with Crippen molar-refractivity contribution in [1.82, 2.24) is 30.1 Å². The van der Waals surface area contributed by atoms with Crippen molar-refractivity contribution in [1.29, 1.82) is 0 Å². The minimum absolute atomic E-state index is 0.0624. The molecule has 0 radical (unpaired) electrons. The number of fused-ring (bicyclic) bond motifs is 1. The zero-order valence-electron chi connectivity index (χ0n) is 23.4. The average molecular weight is 549 g/mol. The summed E-state index contributed by atoms with van der Waals surface area (Å²) >= 11 is 6.21. The Balaban J connectivity index is 1.72. The molecule has 2 aromatic carbocycles. The number of nitrogens with one attached hydrogen (secondary N) is 1. The number of aryl methyl sites for hydroxylation is 2. The molecule has 5 rings (SSSR count). The van der Waals surface area contributed by atoms with Crippen LogP contribution in [0.2, 0.25) is 5.02 Å². The van der Waals surface area contributed by atoms with E-state index in [1.165, 1.54) is 0 Å². The highest BCUT2D eigenvalue weighted by atomic mass is 35.5. The van der Waals surface area contributed by atoms with Crippen LogP contribution in [0.4, 0.5) is 0 Å². The monoisotopic (exact) mass is 548 g/mol. The highest BCUT2D eigenvalue weighted by molar-refractivity contribution is 6.30. The van der Waals surface area contributed by atoms with Crippen LogP contribution < -0.4 is 5.56 Å². The van der Waals surface area contributed by atoms with Crippen molar-refractivity contribution in [3.05, 3.63) is 85.9 Å². The van der Waals surface area contributed by atoms with Gasteiger partial charge in [-0.1, -0.05) is 42.3 Å². The van der Waals surface area contributed by atoms with Crippen molar-refractivity contribution < 1.29 is 4.74 Å². The molecular weight excluding hydrogens is 512 g/mol. The zero-order valence-corrected chi connectivity index (χ0v) is 24.1. The van der Waals surface area contributed by atoms with Gasteiger partial charge in [-0.15, -0.1) is 5.10 Å². The van der Waals surface area contributed by atoms with Crippen LogP contribution in [0.25, 0.3) is 10.9 Å². The van der Waals surface area contributed by atoms with Gasteiger partial charge in [0.2, 0.25) is 0 Å². The number of nitrogens with zero attached hydrogens (tertiary/aromatic N) is 5. The number of pyridine rings is 1. The first-order valence-electron chi connectivity index (χ1n) is 13.7. The van der Waals surface area contributed by atoms with E-state index in [0.29, 0.717) is 29.5 Å². The number of halogens is 1. The Labute approximate surface area is 234 Å². The van der Waals surface area contributed by atoms with E-state index >= 15 is 0 Å². The summed E-state index contributed by atoms with van der Waals surface area (Å²) in [7, 11) is 0. The fourth-order valence-corrected chi connectivity index (χ4v) is 5.61. The summed E-state index contributed by atoms with van der Waals surface area (Å²) < 4.78 is 7.97. The van der Waals surface area contributed by atoms with Crippen molar-refractivity contribution in [2.24, 2.45) is 0 Å². The smallest absolute Gasteiger partial charge is 0.253 e. The maximum atomic E-state index is 13.9. The predicted octanol–water partition coefficient (Wildman–Crippen LogP) is 5.70. The Morgan fingerprint density at radius 3 is 2.67 bits per heavy atom. The highest BCUT2D eigenvalue weighted by Crippen LogP contribution is 2.33. The van der Waals surface area contributed by atoms with Gasteiger partial charge in [0.05, 0.1) is 17.2 Å². The quantitative estimate of drug-likeness (QED) is 0.288. The molecule has 0 unspecified atom stereocenters. The van der Waals surface area contributed by atoms with Gasteiger partial charge < -0.3 is 9.72 Å². The number of ether oxygens (including phenoxy) is 1. The average Bonchev–Trinajstić information content (AvgIpc) is 3.59. The van der Waals surface area contributed by atoms with Crippen LogP contribution in [0.5, 0.6) is 0 Å². The molecule has 1 fully saturated rings. The van der Waals surface area contributed by atoms with Crippen LogP contribution in [0, 0.1) is 13.8 Å². The van der Waals surface area contributed by atoms with Gasteiger partial charge in [-0.25, -0.2) is 4.68 Å². The predicted molar refractivity (Wildman–Crippen MR) is 154 cm³/mol. The van der Waals surface area contributed by atoms with Crippen molar-refractivity contribution in [3.63, 3.8) is 0 Å². The Kier molecular flexibility index (Phi) is 7.89. The van der Waals surface area contributed by atoms with Crippen LogP contribution in [0.1, 0.15) is 74.2 Å². The fraction of sp³-hybridized carbons (Fsp3) is 0.467. The molecule has 1 N–H and O–H groups in total. The SMILES string of the molecule is CCC(C)(C)n1nnnc1[C@H](c1cc2cc(C)cc(C)c2[nH]c1=O)N(Cc1ccc(Cl)cc1)C[C@@H]1CCCO1. The van der Waals surface area contributed by atoms with Crippen molar-refractivity contribution >= 4 is 22.5 Å². The first kappa shape index (κ1) is 27.5. The van der Waals surface area contributed by atoms with Crippen molar-refractivity contribution in [2.75, 3.05) is 13.2 Å². The first-order chi connectivity index (χ1) is 18.7. The van der Waals surface area contributed by atoms with E-state index in [1.54, 1.807) is 0 Å². The van der Waals surface area contributed by atoms with Crippen LogP contribution in [0.3, 0.4) is 0 Å². The Hall–Kier alpha value is -3.07. The third kappa shape index (κ3) is 5.78. The number of aromatic amines is 1. The molecule has 1 saturated heterocycles. The molecule has 0 amide bonds. The topological polar surface area (TPSA) is 88.9 Å². The van der Waals surface area contributed by atoms with Gasteiger partial charge in [-0.2, -0.15) is 0 Å². The molecule has 9 heteroatoms. The molecule has 0 bridgehead atoms.